The van der Waals surface area contributed by atoms with Gasteiger partial charge in [-0.1, -0.05) is 36.4 Å². The van der Waals surface area contributed by atoms with Crippen LogP contribution in [-0.2, 0) is 6.42 Å². The lowest BCUT2D eigenvalue weighted by Crippen LogP contribution is -2.32. The van der Waals surface area contributed by atoms with E-state index in [1.807, 2.05) is 51.1 Å². The molecule has 154 valence electrons. The Morgan fingerprint density at radius 1 is 1.04 bits per heavy atom. The standard InChI is InChI=1S/C23H33NO4/c1-17(14-18-8-6-5-7-9-18)24-16-20(26)19-10-11-21(28-23(2,3)4)22(15-19)27-13-12-25/h5-11,15,17,20,24-26H,12-14,16H2,1-4H3. The van der Waals surface area contributed by atoms with Crippen molar-refractivity contribution in [2.75, 3.05) is 19.8 Å². The summed E-state index contributed by atoms with van der Waals surface area (Å²) in [5.41, 5.74) is 1.64. The smallest absolute Gasteiger partial charge is 0.161 e. The first kappa shape index (κ1) is 22.2. The fourth-order valence-electron chi connectivity index (χ4n) is 2.88. The van der Waals surface area contributed by atoms with E-state index in [9.17, 15) is 5.11 Å². The lowest BCUT2D eigenvalue weighted by Gasteiger charge is -2.24. The Kier molecular flexibility index (Phi) is 8.30. The molecule has 2 rings (SSSR count). The summed E-state index contributed by atoms with van der Waals surface area (Å²) in [6.07, 6.45) is 0.231. The third-order valence-corrected chi connectivity index (χ3v) is 4.16. The van der Waals surface area contributed by atoms with E-state index in [-0.39, 0.29) is 24.9 Å². The maximum absolute atomic E-state index is 10.6. The molecular formula is C23H33NO4. The molecule has 2 unspecified atom stereocenters. The SMILES string of the molecule is CC(Cc1ccccc1)NCC(O)c1ccc(OC(C)(C)C)c(OCCO)c1. The number of hydrogen-bond donors (Lipinski definition) is 3. The van der Waals surface area contributed by atoms with E-state index >= 15 is 0 Å². The Morgan fingerprint density at radius 2 is 1.75 bits per heavy atom. The zero-order chi connectivity index (χ0) is 20.6. The number of hydrogen-bond acceptors (Lipinski definition) is 5. The van der Waals surface area contributed by atoms with Crippen molar-refractivity contribution in [3.05, 3.63) is 59.7 Å². The van der Waals surface area contributed by atoms with E-state index in [1.54, 1.807) is 6.07 Å². The molecule has 0 fully saturated rings. The van der Waals surface area contributed by atoms with Crippen LogP contribution < -0.4 is 14.8 Å². The Morgan fingerprint density at radius 3 is 2.39 bits per heavy atom. The maximum Gasteiger partial charge on any atom is 0.161 e. The molecule has 2 atom stereocenters. The molecule has 2 aromatic rings. The zero-order valence-electron chi connectivity index (χ0n) is 17.3. The van der Waals surface area contributed by atoms with Gasteiger partial charge in [-0.15, -0.1) is 0 Å². The van der Waals surface area contributed by atoms with Gasteiger partial charge in [-0.2, -0.15) is 0 Å². The molecule has 0 aliphatic rings. The molecule has 0 aromatic heterocycles. The molecule has 0 aliphatic heterocycles. The van der Waals surface area contributed by atoms with Crippen LogP contribution in [0, 0.1) is 0 Å². The van der Waals surface area contributed by atoms with E-state index < -0.39 is 6.10 Å². The number of aliphatic hydroxyl groups excluding tert-OH is 2. The van der Waals surface area contributed by atoms with Crippen molar-refractivity contribution in [1.82, 2.24) is 5.32 Å². The lowest BCUT2D eigenvalue weighted by molar-refractivity contribution is 0.119. The monoisotopic (exact) mass is 387 g/mol. The number of rotatable bonds is 10. The molecule has 0 saturated carbocycles. The summed E-state index contributed by atoms with van der Waals surface area (Å²) in [6.45, 7) is 8.52. The third kappa shape index (κ3) is 7.50. The predicted octanol–water partition coefficient (Wildman–Crippen LogP) is 3.49. The van der Waals surface area contributed by atoms with Crippen molar-refractivity contribution in [3.63, 3.8) is 0 Å². The van der Waals surface area contributed by atoms with E-state index in [0.29, 0.717) is 18.0 Å². The molecule has 0 radical (unpaired) electrons. The van der Waals surface area contributed by atoms with Crippen molar-refractivity contribution >= 4 is 0 Å². The number of nitrogens with one attached hydrogen (secondary N) is 1. The summed E-state index contributed by atoms with van der Waals surface area (Å²) in [4.78, 5) is 0. The average molecular weight is 388 g/mol. The van der Waals surface area contributed by atoms with Crippen molar-refractivity contribution < 1.29 is 19.7 Å². The molecule has 5 nitrogen and oxygen atoms in total. The summed E-state index contributed by atoms with van der Waals surface area (Å²) < 4.78 is 11.5. The van der Waals surface area contributed by atoms with E-state index in [0.717, 1.165) is 12.0 Å². The zero-order valence-corrected chi connectivity index (χ0v) is 17.3. The summed E-state index contributed by atoms with van der Waals surface area (Å²) in [7, 11) is 0. The predicted molar refractivity (Wildman–Crippen MR) is 112 cm³/mol. The summed E-state index contributed by atoms with van der Waals surface area (Å²) >= 11 is 0. The van der Waals surface area contributed by atoms with Crippen LogP contribution in [0.3, 0.4) is 0 Å². The van der Waals surface area contributed by atoms with E-state index in [1.165, 1.54) is 5.56 Å². The Hall–Kier alpha value is -2.08. The van der Waals surface area contributed by atoms with Gasteiger partial charge in [0.2, 0.25) is 0 Å². The van der Waals surface area contributed by atoms with Crippen molar-refractivity contribution in [2.45, 2.75) is 51.9 Å². The number of ether oxygens (including phenoxy) is 2. The third-order valence-electron chi connectivity index (χ3n) is 4.16. The largest absolute Gasteiger partial charge is 0.487 e. The molecule has 2 aromatic carbocycles. The topological polar surface area (TPSA) is 71.0 Å². The van der Waals surface area contributed by atoms with Crippen molar-refractivity contribution in [3.8, 4) is 11.5 Å². The quantitative estimate of drug-likeness (QED) is 0.582. The van der Waals surface area contributed by atoms with Crippen molar-refractivity contribution in [1.29, 1.82) is 0 Å². The minimum absolute atomic E-state index is 0.0830. The minimum atomic E-state index is -0.668. The molecule has 28 heavy (non-hydrogen) atoms. The molecule has 0 bridgehead atoms. The number of benzene rings is 2. The van der Waals surface area contributed by atoms with Crippen LogP contribution in [0.2, 0.25) is 0 Å². The van der Waals surface area contributed by atoms with Crippen LogP contribution in [-0.4, -0.2) is 41.6 Å². The van der Waals surface area contributed by atoms with Crippen LogP contribution in [0.5, 0.6) is 11.5 Å². The van der Waals surface area contributed by atoms with Gasteiger partial charge < -0.3 is 25.0 Å². The van der Waals surface area contributed by atoms with E-state index in [2.05, 4.69) is 24.4 Å². The van der Waals surface area contributed by atoms with Crippen LogP contribution in [0.25, 0.3) is 0 Å². The summed E-state index contributed by atoms with van der Waals surface area (Å²) in [5, 5.41) is 23.1. The van der Waals surface area contributed by atoms with Gasteiger partial charge in [0, 0.05) is 12.6 Å². The van der Waals surface area contributed by atoms with Gasteiger partial charge in [-0.3, -0.25) is 0 Å². The summed E-state index contributed by atoms with van der Waals surface area (Å²) in [6, 6.07) is 16.0. The lowest BCUT2D eigenvalue weighted by atomic mass is 10.1. The summed E-state index contributed by atoms with van der Waals surface area (Å²) in [5.74, 6) is 1.13. The van der Waals surface area contributed by atoms with Crippen LogP contribution in [0.4, 0.5) is 0 Å². The first-order chi connectivity index (χ1) is 13.3. The highest BCUT2D eigenvalue weighted by atomic mass is 16.5. The molecule has 3 N–H and O–H groups in total. The van der Waals surface area contributed by atoms with Gasteiger partial charge in [0.15, 0.2) is 11.5 Å². The van der Waals surface area contributed by atoms with Gasteiger partial charge in [-0.05, 0) is 57.4 Å². The minimum Gasteiger partial charge on any atom is -0.487 e. The second kappa shape index (κ2) is 10.5. The fraction of sp³-hybridized carbons (Fsp3) is 0.478. The molecule has 0 aliphatic carbocycles. The van der Waals surface area contributed by atoms with Gasteiger partial charge in [0.1, 0.15) is 12.2 Å². The fourth-order valence-corrected chi connectivity index (χ4v) is 2.88. The van der Waals surface area contributed by atoms with Gasteiger partial charge >= 0.3 is 0 Å². The molecule has 0 amide bonds. The Bertz CT molecular complexity index is 712. The van der Waals surface area contributed by atoms with Gasteiger partial charge in [-0.25, -0.2) is 0 Å². The molecule has 5 heteroatoms. The maximum atomic E-state index is 10.6. The van der Waals surface area contributed by atoms with Crippen LogP contribution in [0.1, 0.15) is 44.9 Å². The Labute approximate surface area is 168 Å². The Balaban J connectivity index is 2.00. The van der Waals surface area contributed by atoms with Crippen LogP contribution in [0.15, 0.2) is 48.5 Å². The second-order valence-electron chi connectivity index (χ2n) is 8.01. The first-order valence-corrected chi connectivity index (χ1v) is 9.80. The van der Waals surface area contributed by atoms with Gasteiger partial charge in [0.05, 0.1) is 12.7 Å². The first-order valence-electron chi connectivity index (χ1n) is 9.80. The highest BCUT2D eigenvalue weighted by Gasteiger charge is 2.18. The normalized spacial score (nSPS) is 13.8. The molecule has 0 spiro atoms. The molecule has 0 heterocycles. The second-order valence-corrected chi connectivity index (χ2v) is 8.01. The molecule has 0 saturated heterocycles. The highest BCUT2D eigenvalue weighted by Crippen LogP contribution is 2.33. The van der Waals surface area contributed by atoms with Gasteiger partial charge in [0.25, 0.3) is 0 Å². The molecular weight excluding hydrogens is 354 g/mol. The average Bonchev–Trinajstić information content (AvgIpc) is 2.65. The highest BCUT2D eigenvalue weighted by molar-refractivity contribution is 5.44. The van der Waals surface area contributed by atoms with E-state index in [4.69, 9.17) is 14.6 Å². The van der Waals surface area contributed by atoms with Crippen LogP contribution >= 0.6 is 0 Å². The number of aliphatic hydroxyl groups is 2. The van der Waals surface area contributed by atoms with Crippen molar-refractivity contribution in [2.24, 2.45) is 0 Å².